The van der Waals surface area contributed by atoms with Crippen LogP contribution in [0.1, 0.15) is 66.0 Å². The van der Waals surface area contributed by atoms with Gasteiger partial charge in [0, 0.05) is 26.6 Å². The number of oxazole rings is 1. The summed E-state index contributed by atoms with van der Waals surface area (Å²) in [6.45, 7) is 5.58. The van der Waals surface area contributed by atoms with Gasteiger partial charge in [0.2, 0.25) is 0 Å². The first-order valence-corrected chi connectivity index (χ1v) is 10.9. The van der Waals surface area contributed by atoms with Crippen molar-refractivity contribution < 1.29 is 13.6 Å². The predicted octanol–water partition coefficient (Wildman–Crippen LogP) is 4.36. The van der Waals surface area contributed by atoms with Crippen molar-refractivity contribution in [2.75, 3.05) is 13.1 Å². The van der Waals surface area contributed by atoms with E-state index in [1.165, 1.54) is 12.1 Å². The summed E-state index contributed by atoms with van der Waals surface area (Å²) in [4.78, 5) is 19.5. The zero-order valence-corrected chi connectivity index (χ0v) is 18.3. The van der Waals surface area contributed by atoms with E-state index in [1.807, 2.05) is 24.1 Å². The first-order chi connectivity index (χ1) is 14.9. The number of halogens is 1. The van der Waals surface area contributed by atoms with Crippen LogP contribution in [0.5, 0.6) is 0 Å². The van der Waals surface area contributed by atoms with Crippen LogP contribution >= 0.6 is 0 Å². The van der Waals surface area contributed by atoms with Crippen LogP contribution in [0, 0.1) is 11.7 Å². The van der Waals surface area contributed by atoms with Crippen molar-refractivity contribution in [2.45, 2.75) is 45.4 Å². The minimum absolute atomic E-state index is 0.00115. The van der Waals surface area contributed by atoms with E-state index in [4.69, 9.17) is 4.42 Å². The molecule has 1 amide bonds. The van der Waals surface area contributed by atoms with E-state index in [1.54, 1.807) is 16.9 Å². The Morgan fingerprint density at radius 2 is 2.16 bits per heavy atom. The average Bonchev–Trinajstić information content (AvgIpc) is 3.33. The maximum Gasteiger partial charge on any atom is 0.272 e. The molecule has 1 aromatic carbocycles. The maximum atomic E-state index is 13.4. The predicted molar refractivity (Wildman–Crippen MR) is 115 cm³/mol. The zero-order chi connectivity index (χ0) is 22.0. The molecule has 3 aromatic rings. The number of piperidine rings is 1. The molecule has 6 nitrogen and oxygen atoms in total. The van der Waals surface area contributed by atoms with Gasteiger partial charge in [0.1, 0.15) is 17.3 Å². The second-order valence-electron chi connectivity index (χ2n) is 8.80. The van der Waals surface area contributed by atoms with E-state index in [2.05, 4.69) is 23.9 Å². The minimum Gasteiger partial charge on any atom is -0.445 e. The molecule has 0 aliphatic carbocycles. The Balaban J connectivity index is 1.43. The SMILES string of the molecule is CC(C)Cc1cc(C(=O)N2CCC[C@H](c3ncc(Cc4cccc(F)c4)o3)C2)n(C)n1. The second kappa shape index (κ2) is 9.04. The largest absolute Gasteiger partial charge is 0.445 e. The molecule has 0 spiro atoms. The van der Waals surface area contributed by atoms with Gasteiger partial charge in [0.05, 0.1) is 17.8 Å². The molecule has 1 saturated heterocycles. The van der Waals surface area contributed by atoms with Crippen LogP contribution in [0.2, 0.25) is 0 Å². The van der Waals surface area contributed by atoms with E-state index < -0.39 is 0 Å². The van der Waals surface area contributed by atoms with E-state index in [9.17, 15) is 9.18 Å². The van der Waals surface area contributed by atoms with Crippen molar-refractivity contribution >= 4 is 5.91 Å². The first-order valence-electron chi connectivity index (χ1n) is 10.9. The Morgan fingerprint density at radius 1 is 1.32 bits per heavy atom. The minimum atomic E-state index is -0.259. The van der Waals surface area contributed by atoms with Crippen LogP contribution in [0.25, 0.3) is 0 Å². The van der Waals surface area contributed by atoms with Gasteiger partial charge in [0.15, 0.2) is 5.89 Å². The number of likely N-dealkylation sites (tertiary alicyclic amines) is 1. The van der Waals surface area contributed by atoms with Crippen LogP contribution in [0.3, 0.4) is 0 Å². The standard InChI is InChI=1S/C24H29FN4O2/c1-16(2)10-20-13-22(28(3)27-20)24(30)29-9-5-7-18(15-29)23-26-14-21(31-23)12-17-6-4-8-19(25)11-17/h4,6,8,11,13-14,16,18H,5,7,9-10,12,15H2,1-3H3/t18-/m0/s1. The number of amides is 1. The fourth-order valence-corrected chi connectivity index (χ4v) is 4.21. The molecular weight excluding hydrogens is 395 g/mol. The number of aromatic nitrogens is 3. The lowest BCUT2D eigenvalue weighted by molar-refractivity contribution is 0.0686. The number of nitrogens with zero attached hydrogens (tertiary/aromatic N) is 4. The molecule has 1 aliphatic rings. The molecule has 2 aromatic heterocycles. The number of rotatable bonds is 6. The van der Waals surface area contributed by atoms with Crippen LogP contribution in [0.15, 0.2) is 40.9 Å². The van der Waals surface area contributed by atoms with Gasteiger partial charge in [-0.1, -0.05) is 26.0 Å². The normalized spacial score (nSPS) is 16.8. The topological polar surface area (TPSA) is 64.2 Å². The molecule has 0 saturated carbocycles. The summed E-state index contributed by atoms with van der Waals surface area (Å²) in [5.41, 5.74) is 2.41. The fourth-order valence-electron chi connectivity index (χ4n) is 4.21. The van der Waals surface area contributed by atoms with Gasteiger partial charge < -0.3 is 9.32 Å². The number of aryl methyl sites for hydroxylation is 1. The van der Waals surface area contributed by atoms with Crippen molar-refractivity contribution in [3.05, 3.63) is 70.9 Å². The van der Waals surface area contributed by atoms with Crippen LogP contribution in [-0.2, 0) is 19.9 Å². The Bertz CT molecular complexity index is 1060. The molecule has 7 heteroatoms. The number of benzene rings is 1. The Kier molecular flexibility index (Phi) is 6.20. The summed E-state index contributed by atoms with van der Waals surface area (Å²) in [6, 6.07) is 8.40. The Labute approximate surface area is 182 Å². The van der Waals surface area contributed by atoms with Crippen molar-refractivity contribution in [1.29, 1.82) is 0 Å². The highest BCUT2D eigenvalue weighted by Crippen LogP contribution is 2.28. The quantitative estimate of drug-likeness (QED) is 0.590. The van der Waals surface area contributed by atoms with Gasteiger partial charge in [-0.3, -0.25) is 9.48 Å². The van der Waals surface area contributed by atoms with E-state index >= 15 is 0 Å². The molecule has 31 heavy (non-hydrogen) atoms. The number of carbonyl (C=O) groups is 1. The van der Waals surface area contributed by atoms with Crippen LogP contribution in [-0.4, -0.2) is 38.7 Å². The maximum absolute atomic E-state index is 13.4. The molecule has 4 rings (SSSR count). The zero-order valence-electron chi connectivity index (χ0n) is 18.3. The highest BCUT2D eigenvalue weighted by molar-refractivity contribution is 5.92. The third-order valence-corrected chi connectivity index (χ3v) is 5.66. The van der Waals surface area contributed by atoms with Crippen molar-refractivity contribution in [2.24, 2.45) is 13.0 Å². The van der Waals surface area contributed by atoms with Crippen molar-refractivity contribution in [3.63, 3.8) is 0 Å². The van der Waals surface area contributed by atoms with E-state index in [0.29, 0.717) is 36.2 Å². The third kappa shape index (κ3) is 5.03. The molecule has 1 aliphatic heterocycles. The van der Waals surface area contributed by atoms with Gasteiger partial charge in [-0.05, 0) is 48.9 Å². The highest BCUT2D eigenvalue weighted by atomic mass is 19.1. The molecule has 164 valence electrons. The summed E-state index contributed by atoms with van der Waals surface area (Å²) >= 11 is 0. The summed E-state index contributed by atoms with van der Waals surface area (Å²) in [5.74, 6) is 1.64. The van der Waals surface area contributed by atoms with Crippen molar-refractivity contribution in [3.8, 4) is 0 Å². The summed E-state index contributed by atoms with van der Waals surface area (Å²) in [5, 5.41) is 4.50. The van der Waals surface area contributed by atoms with Gasteiger partial charge in [0.25, 0.3) is 5.91 Å². The van der Waals surface area contributed by atoms with E-state index in [-0.39, 0.29) is 17.6 Å². The fraction of sp³-hybridized carbons (Fsp3) is 0.458. The number of hydrogen-bond acceptors (Lipinski definition) is 4. The molecule has 0 radical (unpaired) electrons. The molecule has 1 atom stereocenters. The molecule has 1 fully saturated rings. The molecular formula is C24H29FN4O2. The van der Waals surface area contributed by atoms with Gasteiger partial charge in [-0.15, -0.1) is 0 Å². The van der Waals surface area contributed by atoms with E-state index in [0.717, 1.165) is 37.1 Å². The van der Waals surface area contributed by atoms with Crippen molar-refractivity contribution in [1.82, 2.24) is 19.7 Å². The van der Waals surface area contributed by atoms with Gasteiger partial charge in [-0.2, -0.15) is 5.10 Å². The Morgan fingerprint density at radius 3 is 2.94 bits per heavy atom. The molecule has 0 bridgehead atoms. The van der Waals surface area contributed by atoms with Crippen LogP contribution in [0.4, 0.5) is 4.39 Å². The summed E-state index contributed by atoms with van der Waals surface area (Å²) < 4.78 is 21.1. The highest BCUT2D eigenvalue weighted by Gasteiger charge is 2.30. The van der Waals surface area contributed by atoms with Crippen LogP contribution < -0.4 is 0 Å². The summed E-state index contributed by atoms with van der Waals surface area (Å²) in [6.07, 6.45) is 4.88. The first kappa shape index (κ1) is 21.3. The second-order valence-corrected chi connectivity index (χ2v) is 8.80. The lowest BCUT2D eigenvalue weighted by Crippen LogP contribution is -2.40. The average molecular weight is 425 g/mol. The molecule has 3 heterocycles. The van der Waals surface area contributed by atoms with Gasteiger partial charge >= 0.3 is 0 Å². The Hall–Kier alpha value is -2.96. The lowest BCUT2D eigenvalue weighted by atomic mass is 9.97. The number of hydrogen-bond donors (Lipinski definition) is 0. The lowest BCUT2D eigenvalue weighted by Gasteiger charge is -2.31. The molecule has 0 unspecified atom stereocenters. The number of carbonyl (C=O) groups excluding carboxylic acids is 1. The molecule has 0 N–H and O–H groups in total. The summed E-state index contributed by atoms with van der Waals surface area (Å²) in [7, 11) is 1.82. The van der Waals surface area contributed by atoms with Gasteiger partial charge in [-0.25, -0.2) is 9.37 Å². The smallest absolute Gasteiger partial charge is 0.272 e. The third-order valence-electron chi connectivity index (χ3n) is 5.66. The monoisotopic (exact) mass is 424 g/mol.